The molecule has 0 heterocycles. The predicted octanol–water partition coefficient (Wildman–Crippen LogP) is 4.30. The van der Waals surface area contributed by atoms with Crippen LogP contribution in [0.5, 0.6) is 17.2 Å². The van der Waals surface area contributed by atoms with Gasteiger partial charge in [-0.3, -0.25) is 4.79 Å². The number of rotatable bonds is 8. The van der Waals surface area contributed by atoms with Gasteiger partial charge >= 0.3 is 6.18 Å². The van der Waals surface area contributed by atoms with Crippen LogP contribution in [0.2, 0.25) is 5.02 Å². The zero-order chi connectivity index (χ0) is 21.4. The van der Waals surface area contributed by atoms with Crippen LogP contribution >= 0.6 is 11.6 Å². The van der Waals surface area contributed by atoms with Crippen molar-refractivity contribution in [3.8, 4) is 17.2 Å². The molecule has 0 fully saturated rings. The molecule has 0 aliphatic heterocycles. The molecular weight excluding hydrogens is 413 g/mol. The molecule has 1 N–H and O–H groups in total. The molecule has 0 saturated heterocycles. The van der Waals surface area contributed by atoms with Crippen LogP contribution in [-0.4, -0.2) is 32.4 Å². The van der Waals surface area contributed by atoms with Crippen molar-refractivity contribution in [2.45, 2.75) is 13.1 Å². The zero-order valence-corrected chi connectivity index (χ0v) is 16.3. The summed E-state index contributed by atoms with van der Waals surface area (Å²) < 4.78 is 53.7. The van der Waals surface area contributed by atoms with Gasteiger partial charge in [-0.1, -0.05) is 17.7 Å². The summed E-state index contributed by atoms with van der Waals surface area (Å²) in [6, 6.07) is 7.42. The minimum atomic E-state index is -4.49. The molecule has 0 bridgehead atoms. The summed E-state index contributed by atoms with van der Waals surface area (Å²) in [7, 11) is 1.46. The minimum absolute atomic E-state index is 0.0815. The molecule has 6 nitrogen and oxygen atoms in total. The van der Waals surface area contributed by atoms with E-state index in [1.165, 1.54) is 25.5 Å². The average Bonchev–Trinajstić information content (AvgIpc) is 2.68. The van der Waals surface area contributed by atoms with E-state index in [2.05, 4.69) is 10.5 Å². The average molecular weight is 431 g/mol. The normalized spacial score (nSPS) is 11.4. The number of benzene rings is 2. The number of hydrogen-bond acceptors (Lipinski definition) is 5. The van der Waals surface area contributed by atoms with Crippen molar-refractivity contribution in [1.29, 1.82) is 0 Å². The van der Waals surface area contributed by atoms with Crippen LogP contribution in [0.1, 0.15) is 18.1 Å². The molecule has 2 aromatic carbocycles. The van der Waals surface area contributed by atoms with E-state index in [-0.39, 0.29) is 5.75 Å². The van der Waals surface area contributed by atoms with Gasteiger partial charge in [-0.2, -0.15) is 18.3 Å². The SMILES string of the molecule is CCOc1c(Cl)cc(/C=N/NC(=O)COc2cccc(C(F)(F)F)c2)cc1OC. The Bertz CT molecular complexity index is 888. The molecular formula is C19H18ClF3N2O4. The standard InChI is InChI=1S/C19H18ClF3N2O4/c1-3-28-18-15(20)7-12(8-16(18)27-2)10-24-25-17(26)11-29-14-6-4-5-13(9-14)19(21,22)23/h4-10H,3,11H2,1-2H3,(H,25,26)/b24-10+. The lowest BCUT2D eigenvalue weighted by Crippen LogP contribution is -2.24. The highest BCUT2D eigenvalue weighted by Gasteiger charge is 2.30. The summed E-state index contributed by atoms with van der Waals surface area (Å²) in [6.07, 6.45) is -3.17. The van der Waals surface area contributed by atoms with Crippen LogP contribution < -0.4 is 19.6 Å². The summed E-state index contributed by atoms with van der Waals surface area (Å²) in [5.41, 5.74) is 1.88. The number of halogens is 4. The van der Waals surface area contributed by atoms with Crippen LogP contribution in [0.4, 0.5) is 13.2 Å². The first-order valence-electron chi connectivity index (χ1n) is 8.37. The van der Waals surface area contributed by atoms with Gasteiger partial charge in [0, 0.05) is 0 Å². The first-order chi connectivity index (χ1) is 13.7. The Morgan fingerprint density at radius 2 is 2.00 bits per heavy atom. The summed E-state index contributed by atoms with van der Waals surface area (Å²) in [5, 5.41) is 4.08. The Hall–Kier alpha value is -2.94. The van der Waals surface area contributed by atoms with Crippen LogP contribution in [0.15, 0.2) is 41.5 Å². The fourth-order valence-electron chi connectivity index (χ4n) is 2.22. The second-order valence-electron chi connectivity index (χ2n) is 5.57. The van der Waals surface area contributed by atoms with Crippen molar-refractivity contribution in [3.05, 3.63) is 52.5 Å². The molecule has 0 aliphatic rings. The molecule has 2 aromatic rings. The summed E-state index contributed by atoms with van der Waals surface area (Å²) in [4.78, 5) is 11.8. The maximum absolute atomic E-state index is 12.7. The molecule has 29 heavy (non-hydrogen) atoms. The number of hydrazone groups is 1. The predicted molar refractivity (Wildman–Crippen MR) is 102 cm³/mol. The van der Waals surface area contributed by atoms with Gasteiger partial charge in [0.15, 0.2) is 18.1 Å². The van der Waals surface area contributed by atoms with Gasteiger partial charge in [0.1, 0.15) is 5.75 Å². The molecule has 156 valence electrons. The van der Waals surface area contributed by atoms with E-state index in [9.17, 15) is 18.0 Å². The summed E-state index contributed by atoms with van der Waals surface area (Å²) in [5.74, 6) is 0.0667. The van der Waals surface area contributed by atoms with E-state index < -0.39 is 24.3 Å². The van der Waals surface area contributed by atoms with E-state index >= 15 is 0 Å². The Balaban J connectivity index is 1.94. The van der Waals surface area contributed by atoms with Gasteiger partial charge < -0.3 is 14.2 Å². The molecule has 0 atom stereocenters. The number of amides is 1. The van der Waals surface area contributed by atoms with Crippen molar-refractivity contribution in [3.63, 3.8) is 0 Å². The molecule has 1 amide bonds. The second-order valence-corrected chi connectivity index (χ2v) is 5.98. The zero-order valence-electron chi connectivity index (χ0n) is 15.5. The number of nitrogens with zero attached hydrogens (tertiary/aromatic N) is 1. The van der Waals surface area contributed by atoms with E-state index in [4.69, 9.17) is 25.8 Å². The molecule has 0 radical (unpaired) electrons. The fourth-order valence-corrected chi connectivity index (χ4v) is 2.49. The molecule has 0 saturated carbocycles. The van der Waals surface area contributed by atoms with Gasteiger partial charge in [-0.25, -0.2) is 5.43 Å². The molecule has 0 unspecified atom stereocenters. The summed E-state index contributed by atoms with van der Waals surface area (Å²) in [6.45, 7) is 1.71. The largest absolute Gasteiger partial charge is 0.493 e. The van der Waals surface area contributed by atoms with Crippen molar-refractivity contribution in [2.24, 2.45) is 5.10 Å². The lowest BCUT2D eigenvalue weighted by Gasteiger charge is -2.11. The number of ether oxygens (including phenoxy) is 3. The molecule has 0 aliphatic carbocycles. The van der Waals surface area contributed by atoms with Gasteiger partial charge in [0.2, 0.25) is 0 Å². The van der Waals surface area contributed by atoms with Crippen LogP contribution in [0.25, 0.3) is 0 Å². The van der Waals surface area contributed by atoms with Gasteiger partial charge in [-0.05, 0) is 42.8 Å². The third kappa shape index (κ3) is 6.56. The van der Waals surface area contributed by atoms with Gasteiger partial charge in [-0.15, -0.1) is 0 Å². The number of nitrogens with one attached hydrogen (secondary N) is 1. The Kier molecular flexibility index (Phi) is 7.72. The van der Waals surface area contributed by atoms with Crippen LogP contribution in [-0.2, 0) is 11.0 Å². The van der Waals surface area contributed by atoms with Crippen molar-refractivity contribution in [1.82, 2.24) is 5.43 Å². The first kappa shape index (κ1) is 22.4. The number of hydrogen-bond donors (Lipinski definition) is 1. The Labute approximate surface area is 170 Å². The first-order valence-corrected chi connectivity index (χ1v) is 8.74. The van der Waals surface area contributed by atoms with Crippen molar-refractivity contribution >= 4 is 23.7 Å². The molecule has 10 heteroatoms. The van der Waals surface area contributed by atoms with E-state index in [0.717, 1.165) is 12.1 Å². The van der Waals surface area contributed by atoms with Crippen molar-refractivity contribution in [2.75, 3.05) is 20.3 Å². The number of alkyl halides is 3. The van der Waals surface area contributed by atoms with Crippen molar-refractivity contribution < 1.29 is 32.2 Å². The van der Waals surface area contributed by atoms with Gasteiger partial charge in [0.25, 0.3) is 5.91 Å². The smallest absolute Gasteiger partial charge is 0.416 e. The maximum atomic E-state index is 12.7. The van der Waals surface area contributed by atoms with E-state index in [0.29, 0.717) is 28.7 Å². The third-order valence-corrected chi connectivity index (χ3v) is 3.76. The third-order valence-electron chi connectivity index (χ3n) is 3.47. The fraction of sp³-hybridized carbons (Fsp3) is 0.263. The monoisotopic (exact) mass is 430 g/mol. The maximum Gasteiger partial charge on any atom is 0.416 e. The highest BCUT2D eigenvalue weighted by Crippen LogP contribution is 2.36. The lowest BCUT2D eigenvalue weighted by atomic mass is 10.2. The topological polar surface area (TPSA) is 69.2 Å². The quantitative estimate of drug-likeness (QED) is 0.501. The molecule has 0 spiro atoms. The van der Waals surface area contributed by atoms with E-state index in [1.807, 2.05) is 6.92 Å². The highest BCUT2D eigenvalue weighted by molar-refractivity contribution is 6.32. The molecule has 2 rings (SSSR count). The number of carbonyl (C=O) groups excluding carboxylic acids is 1. The Morgan fingerprint density at radius 1 is 1.24 bits per heavy atom. The van der Waals surface area contributed by atoms with Crippen LogP contribution in [0, 0.1) is 0 Å². The number of carbonyl (C=O) groups is 1. The number of methoxy groups -OCH3 is 1. The van der Waals surface area contributed by atoms with Crippen LogP contribution in [0.3, 0.4) is 0 Å². The van der Waals surface area contributed by atoms with E-state index in [1.54, 1.807) is 12.1 Å². The minimum Gasteiger partial charge on any atom is -0.493 e. The molecule has 0 aromatic heterocycles. The highest BCUT2D eigenvalue weighted by atomic mass is 35.5. The summed E-state index contributed by atoms with van der Waals surface area (Å²) >= 11 is 6.14. The lowest BCUT2D eigenvalue weighted by molar-refractivity contribution is -0.137. The van der Waals surface area contributed by atoms with Gasteiger partial charge in [0.05, 0.1) is 30.5 Å². The second kappa shape index (κ2) is 10.0. The Morgan fingerprint density at radius 3 is 2.66 bits per heavy atom.